The summed E-state index contributed by atoms with van der Waals surface area (Å²) in [7, 11) is 0. The van der Waals surface area contributed by atoms with E-state index in [4.69, 9.17) is 5.11 Å². The first-order valence-electron chi connectivity index (χ1n) is 6.97. The van der Waals surface area contributed by atoms with Gasteiger partial charge in [-0.05, 0) is 18.2 Å². The van der Waals surface area contributed by atoms with Crippen molar-refractivity contribution in [2.45, 2.75) is 18.1 Å². The normalized spacial score (nSPS) is 18.9. The largest absolute Gasteiger partial charge is 0.416 e. The molecule has 1 aliphatic rings. The van der Waals surface area contributed by atoms with E-state index >= 15 is 0 Å². The number of halogens is 6. The highest BCUT2D eigenvalue weighted by Gasteiger charge is 2.46. The second-order valence-corrected chi connectivity index (χ2v) is 5.34. The van der Waals surface area contributed by atoms with Gasteiger partial charge in [0, 0.05) is 31.7 Å². The summed E-state index contributed by atoms with van der Waals surface area (Å²) in [6, 6.07) is -0.533. The van der Waals surface area contributed by atoms with Crippen LogP contribution in [0.2, 0.25) is 0 Å². The van der Waals surface area contributed by atoms with Gasteiger partial charge in [0.2, 0.25) is 0 Å². The molecule has 1 aromatic carbocycles. The second-order valence-electron chi connectivity index (χ2n) is 5.34. The van der Waals surface area contributed by atoms with E-state index in [1.165, 1.54) is 4.90 Å². The van der Waals surface area contributed by atoms with Crippen molar-refractivity contribution in [2.75, 3.05) is 32.8 Å². The number of nitrogens with zero attached hydrogens (tertiary/aromatic N) is 1. The lowest BCUT2D eigenvalue weighted by Crippen LogP contribution is -2.51. The number of benzene rings is 1. The zero-order chi connectivity index (χ0) is 17.3. The molecule has 1 aromatic rings. The van der Waals surface area contributed by atoms with E-state index in [1.54, 1.807) is 0 Å². The lowest BCUT2D eigenvalue weighted by Gasteiger charge is -2.39. The van der Waals surface area contributed by atoms with Gasteiger partial charge in [-0.1, -0.05) is 0 Å². The SMILES string of the molecule is OCC(F)(F)[C@@H](c1cc(C(F)(F)F)ccc1F)N1CCNCC1. The quantitative estimate of drug-likeness (QED) is 0.825. The molecule has 2 rings (SSSR count). The summed E-state index contributed by atoms with van der Waals surface area (Å²) in [6.45, 7) is -0.680. The summed E-state index contributed by atoms with van der Waals surface area (Å²) in [6.07, 6.45) is -4.77. The van der Waals surface area contributed by atoms with Crippen molar-refractivity contribution in [1.82, 2.24) is 10.2 Å². The van der Waals surface area contributed by atoms with Crippen molar-refractivity contribution >= 4 is 0 Å². The molecule has 0 unspecified atom stereocenters. The van der Waals surface area contributed by atoms with Crippen molar-refractivity contribution < 1.29 is 31.4 Å². The number of nitrogens with one attached hydrogen (secondary N) is 1. The molecule has 0 spiro atoms. The van der Waals surface area contributed by atoms with Crippen molar-refractivity contribution in [1.29, 1.82) is 0 Å². The fourth-order valence-corrected chi connectivity index (χ4v) is 2.65. The molecule has 0 bridgehead atoms. The van der Waals surface area contributed by atoms with Gasteiger partial charge in [-0.25, -0.2) is 13.2 Å². The second kappa shape index (κ2) is 6.66. The molecule has 1 atom stereocenters. The zero-order valence-corrected chi connectivity index (χ0v) is 12.0. The van der Waals surface area contributed by atoms with Gasteiger partial charge in [0.1, 0.15) is 18.5 Å². The average molecular weight is 342 g/mol. The highest BCUT2D eigenvalue weighted by atomic mass is 19.4. The summed E-state index contributed by atoms with van der Waals surface area (Å²) in [5, 5.41) is 11.9. The predicted molar refractivity (Wildman–Crippen MR) is 70.6 cm³/mol. The molecule has 0 aliphatic carbocycles. The van der Waals surface area contributed by atoms with E-state index < -0.39 is 41.7 Å². The fraction of sp³-hybridized carbons (Fsp3) is 0.571. The third-order valence-electron chi connectivity index (χ3n) is 3.75. The Morgan fingerprint density at radius 3 is 2.26 bits per heavy atom. The summed E-state index contributed by atoms with van der Waals surface area (Å²) < 4.78 is 80.7. The Bertz CT molecular complexity index is 543. The average Bonchev–Trinajstić information content (AvgIpc) is 2.49. The molecular formula is C14H16F6N2O. The highest BCUT2D eigenvalue weighted by Crippen LogP contribution is 2.40. The minimum absolute atomic E-state index is 0.107. The molecule has 130 valence electrons. The number of aliphatic hydroxyl groups excluding tert-OH is 1. The van der Waals surface area contributed by atoms with E-state index in [0.29, 0.717) is 31.3 Å². The van der Waals surface area contributed by atoms with Gasteiger partial charge in [0.05, 0.1) is 5.56 Å². The molecule has 1 saturated heterocycles. The first kappa shape index (κ1) is 18.0. The third-order valence-corrected chi connectivity index (χ3v) is 3.75. The van der Waals surface area contributed by atoms with Crippen LogP contribution in [0.15, 0.2) is 18.2 Å². The van der Waals surface area contributed by atoms with E-state index in [2.05, 4.69) is 5.32 Å². The molecule has 1 aliphatic heterocycles. The summed E-state index contributed by atoms with van der Waals surface area (Å²) in [5.41, 5.74) is -1.97. The molecule has 3 nitrogen and oxygen atoms in total. The Hall–Kier alpha value is -1.32. The van der Waals surface area contributed by atoms with Crippen LogP contribution in [0.4, 0.5) is 26.3 Å². The number of hydrogen-bond donors (Lipinski definition) is 2. The molecule has 0 saturated carbocycles. The van der Waals surface area contributed by atoms with Crippen molar-refractivity contribution in [3.05, 3.63) is 35.1 Å². The van der Waals surface area contributed by atoms with Crippen LogP contribution < -0.4 is 5.32 Å². The number of rotatable bonds is 4. The minimum Gasteiger partial charge on any atom is -0.390 e. The van der Waals surface area contributed by atoms with E-state index in [9.17, 15) is 26.3 Å². The van der Waals surface area contributed by atoms with Gasteiger partial charge < -0.3 is 10.4 Å². The van der Waals surface area contributed by atoms with Crippen LogP contribution in [0.25, 0.3) is 0 Å². The molecule has 2 N–H and O–H groups in total. The molecule has 1 heterocycles. The minimum atomic E-state index is -4.77. The van der Waals surface area contributed by atoms with Crippen LogP contribution in [-0.4, -0.2) is 48.7 Å². The Morgan fingerprint density at radius 2 is 1.74 bits per heavy atom. The Balaban J connectivity index is 2.50. The summed E-state index contributed by atoms with van der Waals surface area (Å²) in [5.74, 6) is -4.93. The number of alkyl halides is 5. The van der Waals surface area contributed by atoms with E-state index in [1.807, 2.05) is 0 Å². The highest BCUT2D eigenvalue weighted by molar-refractivity contribution is 5.31. The molecule has 23 heavy (non-hydrogen) atoms. The first-order valence-corrected chi connectivity index (χ1v) is 6.97. The molecule has 0 amide bonds. The van der Waals surface area contributed by atoms with Crippen molar-refractivity contribution in [3.8, 4) is 0 Å². The maximum atomic E-state index is 14.1. The van der Waals surface area contributed by atoms with E-state index in [-0.39, 0.29) is 13.1 Å². The zero-order valence-electron chi connectivity index (χ0n) is 12.0. The van der Waals surface area contributed by atoms with Gasteiger partial charge in [-0.3, -0.25) is 4.90 Å². The van der Waals surface area contributed by atoms with Crippen LogP contribution in [0.3, 0.4) is 0 Å². The first-order chi connectivity index (χ1) is 10.7. The third kappa shape index (κ3) is 3.96. The Morgan fingerprint density at radius 1 is 1.13 bits per heavy atom. The topological polar surface area (TPSA) is 35.5 Å². The van der Waals surface area contributed by atoms with Gasteiger partial charge in [-0.2, -0.15) is 13.2 Å². The monoisotopic (exact) mass is 342 g/mol. The molecule has 0 aromatic heterocycles. The van der Waals surface area contributed by atoms with Crippen LogP contribution in [-0.2, 0) is 6.18 Å². The van der Waals surface area contributed by atoms with Gasteiger partial charge in [0.15, 0.2) is 0 Å². The fourth-order valence-electron chi connectivity index (χ4n) is 2.65. The van der Waals surface area contributed by atoms with Gasteiger partial charge in [-0.15, -0.1) is 0 Å². The molecule has 9 heteroatoms. The summed E-state index contributed by atoms with van der Waals surface area (Å²) in [4.78, 5) is 1.19. The lowest BCUT2D eigenvalue weighted by atomic mass is 9.95. The maximum Gasteiger partial charge on any atom is 0.416 e. The van der Waals surface area contributed by atoms with Crippen LogP contribution in [0.5, 0.6) is 0 Å². The number of hydrogen-bond acceptors (Lipinski definition) is 3. The van der Waals surface area contributed by atoms with E-state index in [0.717, 1.165) is 0 Å². The maximum absolute atomic E-state index is 14.1. The number of aliphatic hydroxyl groups is 1. The molecular weight excluding hydrogens is 326 g/mol. The predicted octanol–water partition coefficient (Wildman–Crippen LogP) is 2.42. The van der Waals surface area contributed by atoms with Gasteiger partial charge in [0.25, 0.3) is 5.92 Å². The van der Waals surface area contributed by atoms with Crippen LogP contribution in [0, 0.1) is 5.82 Å². The standard InChI is InChI=1S/C14H16F6N2O/c15-11-2-1-9(14(18,19)20)7-10(11)12(13(16,17)8-23)22-5-3-21-4-6-22/h1-2,7,12,21,23H,3-6,8H2/t12-/m1/s1. The molecule has 0 radical (unpaired) electrons. The van der Waals surface area contributed by atoms with Crippen molar-refractivity contribution in [3.63, 3.8) is 0 Å². The van der Waals surface area contributed by atoms with Crippen molar-refractivity contribution in [2.24, 2.45) is 0 Å². The van der Waals surface area contributed by atoms with Crippen LogP contribution >= 0.6 is 0 Å². The van der Waals surface area contributed by atoms with Crippen LogP contribution in [0.1, 0.15) is 17.2 Å². The molecule has 1 fully saturated rings. The van der Waals surface area contributed by atoms with Gasteiger partial charge >= 0.3 is 6.18 Å². The smallest absolute Gasteiger partial charge is 0.390 e. The number of piperazine rings is 1. The Labute approximate surface area is 128 Å². The Kier molecular flexibility index (Phi) is 5.22. The lowest BCUT2D eigenvalue weighted by molar-refractivity contribution is -0.138. The summed E-state index contributed by atoms with van der Waals surface area (Å²) >= 11 is 0.